The molecule has 0 spiro atoms. The normalized spacial score (nSPS) is 21.0. The van der Waals surface area contributed by atoms with Crippen molar-refractivity contribution in [3.8, 4) is 5.75 Å². The van der Waals surface area contributed by atoms with Crippen molar-refractivity contribution in [3.05, 3.63) is 29.8 Å². The van der Waals surface area contributed by atoms with Gasteiger partial charge in [-0.2, -0.15) is 0 Å². The number of benzene rings is 1. The van der Waals surface area contributed by atoms with Crippen LogP contribution in [0.5, 0.6) is 5.75 Å². The summed E-state index contributed by atoms with van der Waals surface area (Å²) in [4.78, 5) is 4.69. The maximum atomic E-state index is 9.63. The third-order valence-electron chi connectivity index (χ3n) is 4.26. The van der Waals surface area contributed by atoms with Crippen molar-refractivity contribution in [1.82, 2.24) is 10.6 Å². The summed E-state index contributed by atoms with van der Waals surface area (Å²) in [5.41, 5.74) is 1.10. The molecule has 25 heavy (non-hydrogen) atoms. The van der Waals surface area contributed by atoms with Gasteiger partial charge in [0.05, 0.1) is 19.3 Å². The van der Waals surface area contributed by atoms with Gasteiger partial charge in [-0.3, -0.25) is 0 Å². The van der Waals surface area contributed by atoms with Crippen molar-refractivity contribution in [2.45, 2.75) is 51.3 Å². The minimum Gasteiger partial charge on any atom is -0.491 e. The lowest BCUT2D eigenvalue weighted by Gasteiger charge is -2.27. The lowest BCUT2D eigenvalue weighted by molar-refractivity contribution is 0.120. The summed E-state index contributed by atoms with van der Waals surface area (Å²) in [6, 6.07) is 8.37. The number of guanidine groups is 1. The lowest BCUT2D eigenvalue weighted by Crippen LogP contribution is -2.45. The largest absolute Gasteiger partial charge is 0.491 e. The molecule has 0 heterocycles. The third-order valence-corrected chi connectivity index (χ3v) is 4.26. The highest BCUT2D eigenvalue weighted by atomic mass is 16.5. The summed E-state index contributed by atoms with van der Waals surface area (Å²) < 4.78 is 10.6. The van der Waals surface area contributed by atoms with Crippen molar-refractivity contribution in [3.63, 3.8) is 0 Å². The Kier molecular flexibility index (Phi) is 8.55. The van der Waals surface area contributed by atoms with Gasteiger partial charge in [0.25, 0.3) is 0 Å². The molecule has 1 aromatic carbocycles. The van der Waals surface area contributed by atoms with Gasteiger partial charge in [0.1, 0.15) is 12.4 Å². The van der Waals surface area contributed by atoms with E-state index in [9.17, 15) is 5.11 Å². The molecule has 0 saturated heterocycles. The van der Waals surface area contributed by atoms with E-state index in [1.807, 2.05) is 24.3 Å². The van der Waals surface area contributed by atoms with Crippen LogP contribution in [0.1, 0.15) is 38.2 Å². The maximum Gasteiger partial charge on any atom is 0.191 e. The fourth-order valence-electron chi connectivity index (χ4n) is 2.88. The van der Waals surface area contributed by atoms with Gasteiger partial charge in [-0.1, -0.05) is 12.1 Å². The van der Waals surface area contributed by atoms with Crippen molar-refractivity contribution in [2.24, 2.45) is 4.99 Å². The Labute approximate surface area is 150 Å². The number of nitrogens with zero attached hydrogens (tertiary/aromatic N) is 1. The van der Waals surface area contributed by atoms with E-state index in [0.29, 0.717) is 25.8 Å². The molecule has 0 bridgehead atoms. The molecule has 6 nitrogen and oxygen atoms in total. The molecule has 140 valence electrons. The van der Waals surface area contributed by atoms with Crippen LogP contribution in [0.25, 0.3) is 0 Å². The third kappa shape index (κ3) is 7.32. The minimum absolute atomic E-state index is 0.140. The molecular weight excluding hydrogens is 318 g/mol. The second-order valence-corrected chi connectivity index (χ2v) is 6.33. The van der Waals surface area contributed by atoms with E-state index < -0.39 is 0 Å². The molecule has 1 aliphatic carbocycles. The number of aliphatic hydroxyl groups is 1. The number of nitrogens with one attached hydrogen (secondary N) is 2. The standard InChI is InChI=1S/C19H31N3O3/c1-3-20-19(22-16-7-9-17(23)10-8-16)21-14-15-5-4-6-18(13-15)25-12-11-24-2/h4-6,13,16-17,23H,3,7-12,14H2,1-2H3,(H2,20,21,22). The van der Waals surface area contributed by atoms with Crippen molar-refractivity contribution in [2.75, 3.05) is 26.9 Å². The molecule has 0 amide bonds. The molecule has 0 aromatic heterocycles. The average Bonchev–Trinajstić information content (AvgIpc) is 2.62. The predicted octanol–water partition coefficient (Wildman–Crippen LogP) is 2.07. The van der Waals surface area contributed by atoms with Gasteiger partial charge < -0.3 is 25.2 Å². The van der Waals surface area contributed by atoms with Crippen LogP contribution >= 0.6 is 0 Å². The smallest absolute Gasteiger partial charge is 0.191 e. The molecule has 0 radical (unpaired) electrons. The Morgan fingerprint density at radius 3 is 2.76 bits per heavy atom. The summed E-state index contributed by atoms with van der Waals surface area (Å²) in [6.45, 7) is 4.59. The van der Waals surface area contributed by atoms with E-state index in [2.05, 4.69) is 22.5 Å². The number of ether oxygens (including phenoxy) is 2. The molecule has 0 unspecified atom stereocenters. The first-order chi connectivity index (χ1) is 12.2. The zero-order valence-electron chi connectivity index (χ0n) is 15.3. The molecule has 6 heteroatoms. The van der Waals surface area contributed by atoms with Crippen LogP contribution in [0.15, 0.2) is 29.3 Å². The van der Waals surface area contributed by atoms with Gasteiger partial charge in [-0.05, 0) is 50.3 Å². The number of aliphatic hydroxyl groups excluding tert-OH is 1. The van der Waals surface area contributed by atoms with Gasteiger partial charge in [0.2, 0.25) is 0 Å². The highest BCUT2D eigenvalue weighted by molar-refractivity contribution is 5.80. The minimum atomic E-state index is -0.140. The fraction of sp³-hybridized carbons (Fsp3) is 0.632. The van der Waals surface area contributed by atoms with Crippen LogP contribution < -0.4 is 15.4 Å². The van der Waals surface area contributed by atoms with E-state index in [-0.39, 0.29) is 6.10 Å². The Balaban J connectivity index is 1.90. The fourth-order valence-corrected chi connectivity index (χ4v) is 2.88. The summed E-state index contributed by atoms with van der Waals surface area (Å²) in [5.74, 6) is 1.67. The summed E-state index contributed by atoms with van der Waals surface area (Å²) in [6.07, 6.45) is 3.54. The van der Waals surface area contributed by atoms with E-state index in [1.165, 1.54) is 0 Å². The number of aliphatic imine (C=N–C) groups is 1. The number of methoxy groups -OCH3 is 1. The van der Waals surface area contributed by atoms with Crippen LogP contribution in [-0.2, 0) is 11.3 Å². The van der Waals surface area contributed by atoms with Crippen LogP contribution in [0.2, 0.25) is 0 Å². The van der Waals surface area contributed by atoms with E-state index in [1.54, 1.807) is 7.11 Å². The van der Waals surface area contributed by atoms with Gasteiger partial charge in [0.15, 0.2) is 5.96 Å². The lowest BCUT2D eigenvalue weighted by atomic mass is 9.93. The van der Waals surface area contributed by atoms with Crippen LogP contribution in [0.4, 0.5) is 0 Å². The molecule has 1 fully saturated rings. The van der Waals surface area contributed by atoms with Crippen LogP contribution in [0.3, 0.4) is 0 Å². The summed E-state index contributed by atoms with van der Waals surface area (Å²) in [5, 5.41) is 16.4. The molecule has 0 atom stereocenters. The Morgan fingerprint density at radius 2 is 2.04 bits per heavy atom. The monoisotopic (exact) mass is 349 g/mol. The van der Waals surface area contributed by atoms with Crippen molar-refractivity contribution >= 4 is 5.96 Å². The molecule has 2 rings (SSSR count). The molecular formula is C19H31N3O3. The van der Waals surface area contributed by atoms with E-state index in [0.717, 1.165) is 49.5 Å². The van der Waals surface area contributed by atoms with Gasteiger partial charge in [-0.25, -0.2) is 4.99 Å². The number of hydrogen-bond acceptors (Lipinski definition) is 4. The number of rotatable bonds is 8. The SMILES string of the molecule is CCNC(=NCc1cccc(OCCOC)c1)NC1CCC(O)CC1. The average molecular weight is 349 g/mol. The second-order valence-electron chi connectivity index (χ2n) is 6.33. The molecule has 0 aliphatic heterocycles. The second kappa shape index (κ2) is 10.9. The topological polar surface area (TPSA) is 75.1 Å². The van der Waals surface area contributed by atoms with E-state index in [4.69, 9.17) is 9.47 Å². The molecule has 3 N–H and O–H groups in total. The quantitative estimate of drug-likeness (QED) is 0.381. The van der Waals surface area contributed by atoms with Gasteiger partial charge >= 0.3 is 0 Å². The Hall–Kier alpha value is -1.79. The van der Waals surface area contributed by atoms with Crippen molar-refractivity contribution in [1.29, 1.82) is 0 Å². The maximum absolute atomic E-state index is 9.63. The molecule has 1 aliphatic rings. The zero-order chi connectivity index (χ0) is 17.9. The highest BCUT2D eigenvalue weighted by Gasteiger charge is 2.19. The van der Waals surface area contributed by atoms with Crippen LogP contribution in [0, 0.1) is 0 Å². The van der Waals surface area contributed by atoms with Gasteiger partial charge in [0, 0.05) is 19.7 Å². The highest BCUT2D eigenvalue weighted by Crippen LogP contribution is 2.18. The Morgan fingerprint density at radius 1 is 1.24 bits per heavy atom. The summed E-state index contributed by atoms with van der Waals surface area (Å²) in [7, 11) is 1.66. The molecule has 1 saturated carbocycles. The first-order valence-corrected chi connectivity index (χ1v) is 9.15. The van der Waals surface area contributed by atoms with Crippen molar-refractivity contribution < 1.29 is 14.6 Å². The first-order valence-electron chi connectivity index (χ1n) is 9.15. The first kappa shape index (κ1) is 19.5. The summed E-state index contributed by atoms with van der Waals surface area (Å²) >= 11 is 0. The molecule has 1 aromatic rings. The Bertz CT molecular complexity index is 528. The number of hydrogen-bond donors (Lipinski definition) is 3. The van der Waals surface area contributed by atoms with E-state index >= 15 is 0 Å². The van der Waals surface area contributed by atoms with Gasteiger partial charge in [-0.15, -0.1) is 0 Å². The van der Waals surface area contributed by atoms with Crippen LogP contribution in [-0.4, -0.2) is 50.1 Å². The predicted molar refractivity (Wildman–Crippen MR) is 100 cm³/mol. The zero-order valence-corrected chi connectivity index (χ0v) is 15.3.